The van der Waals surface area contributed by atoms with Crippen LogP contribution >= 0.6 is 23.2 Å². The number of carbonyl (C=O) groups is 1. The zero-order valence-corrected chi connectivity index (χ0v) is 14.5. The Morgan fingerprint density at radius 3 is 2.39 bits per heavy atom. The first-order valence-corrected chi connectivity index (χ1v) is 8.74. The van der Waals surface area contributed by atoms with Crippen LogP contribution in [0.15, 0.2) is 47.4 Å². The number of sulfonamides is 1. The lowest BCUT2D eigenvalue weighted by Gasteiger charge is -2.23. The van der Waals surface area contributed by atoms with Gasteiger partial charge in [-0.25, -0.2) is 8.42 Å². The Morgan fingerprint density at radius 1 is 1.13 bits per heavy atom. The molecule has 0 aliphatic heterocycles. The molecule has 0 unspecified atom stereocenters. The molecule has 8 heteroatoms. The van der Waals surface area contributed by atoms with E-state index in [0.29, 0.717) is 5.69 Å². The van der Waals surface area contributed by atoms with Gasteiger partial charge in [0, 0.05) is 0 Å². The molecule has 0 saturated carbocycles. The van der Waals surface area contributed by atoms with E-state index in [0.717, 1.165) is 9.87 Å². The fraction of sp³-hybridized carbons (Fsp3) is 0.133. The second-order valence-electron chi connectivity index (χ2n) is 4.89. The van der Waals surface area contributed by atoms with E-state index in [1.54, 1.807) is 18.2 Å². The highest BCUT2D eigenvalue weighted by atomic mass is 35.5. The van der Waals surface area contributed by atoms with Gasteiger partial charge in [0.15, 0.2) is 0 Å². The topological polar surface area (TPSA) is 80.5 Å². The molecule has 2 aromatic rings. The van der Waals surface area contributed by atoms with Gasteiger partial charge < -0.3 is 5.73 Å². The number of nitrogens with zero attached hydrogens (tertiary/aromatic N) is 1. The molecule has 0 spiro atoms. The molecule has 0 bridgehead atoms. The number of rotatable bonds is 5. The predicted molar refractivity (Wildman–Crippen MR) is 91.4 cm³/mol. The van der Waals surface area contributed by atoms with Gasteiger partial charge in [0.1, 0.15) is 6.54 Å². The van der Waals surface area contributed by atoms with Crippen molar-refractivity contribution in [2.75, 3.05) is 10.8 Å². The van der Waals surface area contributed by atoms with Crippen LogP contribution in [0.1, 0.15) is 5.56 Å². The van der Waals surface area contributed by atoms with Gasteiger partial charge in [-0.1, -0.05) is 35.3 Å². The smallest absolute Gasteiger partial charge is 0.264 e. The lowest BCUT2D eigenvalue weighted by Crippen LogP contribution is -2.38. The van der Waals surface area contributed by atoms with Gasteiger partial charge in [0.25, 0.3) is 10.0 Å². The Morgan fingerprint density at radius 2 is 1.83 bits per heavy atom. The number of nitrogens with two attached hydrogens (primary N) is 1. The molecule has 2 N–H and O–H groups in total. The Hall–Kier alpha value is -1.76. The van der Waals surface area contributed by atoms with Gasteiger partial charge in [-0.15, -0.1) is 0 Å². The number of carbonyl (C=O) groups excluding carboxylic acids is 1. The van der Waals surface area contributed by atoms with Crippen LogP contribution in [0, 0.1) is 6.92 Å². The van der Waals surface area contributed by atoms with Gasteiger partial charge in [0.05, 0.1) is 20.6 Å². The van der Waals surface area contributed by atoms with Gasteiger partial charge in [-0.2, -0.15) is 0 Å². The number of hydrogen-bond acceptors (Lipinski definition) is 3. The number of anilines is 1. The monoisotopic (exact) mass is 372 g/mol. The minimum atomic E-state index is -4.02. The molecule has 0 saturated heterocycles. The highest BCUT2D eigenvalue weighted by Gasteiger charge is 2.27. The Labute approximate surface area is 144 Å². The van der Waals surface area contributed by atoms with Gasteiger partial charge in [-0.05, 0) is 42.8 Å². The van der Waals surface area contributed by atoms with Crippen LogP contribution in [0.4, 0.5) is 5.69 Å². The molecular weight excluding hydrogens is 359 g/mol. The molecule has 0 aliphatic rings. The fourth-order valence-corrected chi connectivity index (χ4v) is 3.82. The number of hydrogen-bond donors (Lipinski definition) is 1. The molecule has 0 heterocycles. The lowest BCUT2D eigenvalue weighted by molar-refractivity contribution is -0.116. The van der Waals surface area contributed by atoms with Crippen LogP contribution in [0.5, 0.6) is 0 Å². The van der Waals surface area contributed by atoms with E-state index in [4.69, 9.17) is 28.9 Å². The quantitative estimate of drug-likeness (QED) is 0.875. The van der Waals surface area contributed by atoms with Crippen molar-refractivity contribution in [1.82, 2.24) is 0 Å². The van der Waals surface area contributed by atoms with Crippen molar-refractivity contribution in [1.29, 1.82) is 0 Å². The van der Waals surface area contributed by atoms with Crippen molar-refractivity contribution >= 4 is 44.8 Å². The number of amides is 1. The standard InChI is InChI=1S/C15H14Cl2N2O3S/c1-10-3-2-4-11(7-10)19(9-15(18)20)23(21,22)12-5-6-13(16)14(17)8-12/h2-8H,9H2,1H3,(H2,18,20). The Bertz CT molecular complexity index is 854. The zero-order chi connectivity index (χ0) is 17.2. The molecule has 0 aliphatic carbocycles. The molecule has 2 rings (SSSR count). The number of benzene rings is 2. The molecule has 0 fully saturated rings. The average molecular weight is 373 g/mol. The summed E-state index contributed by atoms with van der Waals surface area (Å²) in [7, 11) is -4.02. The highest BCUT2D eigenvalue weighted by molar-refractivity contribution is 7.92. The highest BCUT2D eigenvalue weighted by Crippen LogP contribution is 2.29. The van der Waals surface area contributed by atoms with E-state index in [1.165, 1.54) is 18.2 Å². The normalized spacial score (nSPS) is 11.3. The first-order valence-electron chi connectivity index (χ1n) is 6.54. The van der Waals surface area contributed by atoms with Gasteiger partial charge in [-0.3, -0.25) is 9.10 Å². The van der Waals surface area contributed by atoms with Crippen molar-refractivity contribution in [2.24, 2.45) is 5.73 Å². The largest absolute Gasteiger partial charge is 0.368 e. The van der Waals surface area contributed by atoms with Crippen molar-refractivity contribution in [3.8, 4) is 0 Å². The van der Waals surface area contributed by atoms with E-state index >= 15 is 0 Å². The van der Waals surface area contributed by atoms with Gasteiger partial charge >= 0.3 is 0 Å². The molecule has 0 atom stereocenters. The third-order valence-corrected chi connectivity index (χ3v) is 5.58. The van der Waals surface area contributed by atoms with Crippen LogP contribution < -0.4 is 10.0 Å². The summed E-state index contributed by atoms with van der Waals surface area (Å²) in [5, 5.41) is 0.346. The van der Waals surface area contributed by atoms with Crippen LogP contribution in [-0.4, -0.2) is 20.9 Å². The van der Waals surface area contributed by atoms with Crippen molar-refractivity contribution < 1.29 is 13.2 Å². The molecule has 23 heavy (non-hydrogen) atoms. The molecule has 1 amide bonds. The summed E-state index contributed by atoms with van der Waals surface area (Å²) in [6.45, 7) is 1.34. The Kier molecular flexibility index (Phi) is 5.19. The van der Waals surface area contributed by atoms with E-state index in [9.17, 15) is 13.2 Å². The van der Waals surface area contributed by atoms with E-state index in [-0.39, 0.29) is 14.9 Å². The summed E-state index contributed by atoms with van der Waals surface area (Å²) in [4.78, 5) is 11.3. The summed E-state index contributed by atoms with van der Waals surface area (Å²) < 4.78 is 26.7. The second-order valence-corrected chi connectivity index (χ2v) is 7.57. The molecule has 0 aromatic heterocycles. The van der Waals surface area contributed by atoms with Gasteiger partial charge in [0.2, 0.25) is 5.91 Å². The second kappa shape index (κ2) is 6.78. The molecule has 122 valence electrons. The molecular formula is C15H14Cl2N2O3S. The summed E-state index contributed by atoms with van der Waals surface area (Å²) in [6, 6.07) is 10.7. The molecule has 2 aromatic carbocycles. The predicted octanol–water partition coefficient (Wildman–Crippen LogP) is 2.98. The first kappa shape index (κ1) is 17.6. The maximum Gasteiger partial charge on any atom is 0.264 e. The van der Waals surface area contributed by atoms with E-state index in [1.807, 2.05) is 13.0 Å². The van der Waals surface area contributed by atoms with Crippen molar-refractivity contribution in [3.05, 3.63) is 58.1 Å². The van der Waals surface area contributed by atoms with E-state index < -0.39 is 22.5 Å². The van der Waals surface area contributed by atoms with Crippen LogP contribution in [0.3, 0.4) is 0 Å². The zero-order valence-electron chi connectivity index (χ0n) is 12.2. The first-order chi connectivity index (χ1) is 10.7. The average Bonchev–Trinajstić information content (AvgIpc) is 2.47. The van der Waals surface area contributed by atoms with Crippen LogP contribution in [0.25, 0.3) is 0 Å². The SMILES string of the molecule is Cc1cccc(N(CC(N)=O)S(=O)(=O)c2ccc(Cl)c(Cl)c2)c1. The maximum atomic E-state index is 12.9. The summed E-state index contributed by atoms with van der Waals surface area (Å²) in [5.74, 6) is -0.768. The lowest BCUT2D eigenvalue weighted by atomic mass is 10.2. The third-order valence-electron chi connectivity index (χ3n) is 3.07. The Balaban J connectivity index is 2.57. The summed E-state index contributed by atoms with van der Waals surface area (Å²) in [5.41, 5.74) is 6.40. The number of halogens is 2. The fourth-order valence-electron chi connectivity index (χ4n) is 2.00. The summed E-state index contributed by atoms with van der Waals surface area (Å²) in [6.07, 6.45) is 0. The number of aryl methyl sites for hydroxylation is 1. The molecule has 0 radical (unpaired) electrons. The van der Waals surface area contributed by atoms with Crippen molar-refractivity contribution in [2.45, 2.75) is 11.8 Å². The van der Waals surface area contributed by atoms with Crippen LogP contribution in [-0.2, 0) is 14.8 Å². The molecule has 5 nitrogen and oxygen atoms in total. The third kappa shape index (κ3) is 3.96. The maximum absolute atomic E-state index is 12.9. The minimum absolute atomic E-state index is 0.0744. The minimum Gasteiger partial charge on any atom is -0.368 e. The number of primary amides is 1. The van der Waals surface area contributed by atoms with Crippen molar-refractivity contribution in [3.63, 3.8) is 0 Å². The van der Waals surface area contributed by atoms with E-state index in [2.05, 4.69) is 0 Å². The van der Waals surface area contributed by atoms with Crippen LogP contribution in [0.2, 0.25) is 10.0 Å². The summed E-state index contributed by atoms with van der Waals surface area (Å²) >= 11 is 11.7.